The van der Waals surface area contributed by atoms with Gasteiger partial charge >= 0.3 is 0 Å². The summed E-state index contributed by atoms with van der Waals surface area (Å²) in [7, 11) is 0. The monoisotopic (exact) mass is 134 g/mol. The molecular formula is C10H14. The molecule has 0 amide bonds. The van der Waals surface area contributed by atoms with Crippen LogP contribution in [-0.4, -0.2) is 0 Å². The highest BCUT2D eigenvalue weighted by atomic mass is 14.3. The standard InChI is InChI=1S/C10H14/c1-8-6-9-4-2-3-5-10(9)7-8/h4,6,10H,2-3,5,7H2,1H3. The predicted octanol–water partition coefficient (Wildman–Crippen LogP) is 3.06. The summed E-state index contributed by atoms with van der Waals surface area (Å²) < 4.78 is 0. The SMILES string of the molecule is CC1=CC2=CCCCC2C1. The molecule has 0 bridgehead atoms. The van der Waals surface area contributed by atoms with Gasteiger partial charge in [-0.2, -0.15) is 0 Å². The Balaban J connectivity index is 2.23. The highest BCUT2D eigenvalue weighted by Crippen LogP contribution is 2.36. The van der Waals surface area contributed by atoms with E-state index in [0.29, 0.717) is 0 Å². The molecule has 54 valence electrons. The summed E-state index contributed by atoms with van der Waals surface area (Å²) in [5.41, 5.74) is 3.21. The first kappa shape index (κ1) is 6.21. The van der Waals surface area contributed by atoms with Crippen molar-refractivity contribution in [2.75, 3.05) is 0 Å². The number of hydrogen-bond donors (Lipinski definition) is 0. The number of hydrogen-bond acceptors (Lipinski definition) is 0. The molecule has 2 aliphatic carbocycles. The molecule has 0 aromatic carbocycles. The first-order valence-electron chi connectivity index (χ1n) is 4.23. The Morgan fingerprint density at radius 2 is 2.40 bits per heavy atom. The van der Waals surface area contributed by atoms with Crippen LogP contribution >= 0.6 is 0 Å². The van der Waals surface area contributed by atoms with Gasteiger partial charge in [0, 0.05) is 0 Å². The van der Waals surface area contributed by atoms with Gasteiger partial charge in [-0.1, -0.05) is 17.7 Å². The fraction of sp³-hybridized carbons (Fsp3) is 0.600. The van der Waals surface area contributed by atoms with Crippen LogP contribution in [0, 0.1) is 5.92 Å². The summed E-state index contributed by atoms with van der Waals surface area (Å²) in [6.45, 7) is 2.25. The van der Waals surface area contributed by atoms with Crippen LogP contribution in [0.1, 0.15) is 32.6 Å². The molecule has 0 radical (unpaired) electrons. The second kappa shape index (κ2) is 2.26. The molecule has 0 aromatic rings. The van der Waals surface area contributed by atoms with E-state index in [9.17, 15) is 0 Å². The van der Waals surface area contributed by atoms with E-state index in [0.717, 1.165) is 5.92 Å². The van der Waals surface area contributed by atoms with Crippen molar-refractivity contribution in [3.8, 4) is 0 Å². The zero-order chi connectivity index (χ0) is 6.97. The van der Waals surface area contributed by atoms with Crippen LogP contribution in [0.25, 0.3) is 0 Å². The van der Waals surface area contributed by atoms with E-state index in [4.69, 9.17) is 0 Å². The van der Waals surface area contributed by atoms with Crippen molar-refractivity contribution >= 4 is 0 Å². The van der Waals surface area contributed by atoms with E-state index in [2.05, 4.69) is 19.1 Å². The van der Waals surface area contributed by atoms with Gasteiger partial charge in [-0.25, -0.2) is 0 Å². The van der Waals surface area contributed by atoms with E-state index in [1.807, 2.05) is 0 Å². The summed E-state index contributed by atoms with van der Waals surface area (Å²) in [4.78, 5) is 0. The number of allylic oxidation sites excluding steroid dienone is 4. The van der Waals surface area contributed by atoms with Crippen molar-refractivity contribution in [3.05, 3.63) is 23.3 Å². The minimum Gasteiger partial charge on any atom is -0.0810 e. The van der Waals surface area contributed by atoms with Crippen molar-refractivity contribution < 1.29 is 0 Å². The molecule has 0 nitrogen and oxygen atoms in total. The second-order valence-corrected chi connectivity index (χ2v) is 3.53. The lowest BCUT2D eigenvalue weighted by molar-refractivity contribution is 0.535. The Hall–Kier alpha value is -0.520. The average Bonchev–Trinajstić information content (AvgIpc) is 2.27. The van der Waals surface area contributed by atoms with Crippen molar-refractivity contribution in [1.82, 2.24) is 0 Å². The maximum absolute atomic E-state index is 2.42. The predicted molar refractivity (Wildman–Crippen MR) is 43.8 cm³/mol. The Morgan fingerprint density at radius 3 is 3.20 bits per heavy atom. The van der Waals surface area contributed by atoms with Crippen LogP contribution < -0.4 is 0 Å². The second-order valence-electron chi connectivity index (χ2n) is 3.53. The minimum atomic E-state index is 0.911. The molecule has 2 aliphatic rings. The molecule has 0 saturated carbocycles. The minimum absolute atomic E-state index is 0.911. The molecule has 0 spiro atoms. The van der Waals surface area contributed by atoms with Crippen LogP contribution in [0.4, 0.5) is 0 Å². The summed E-state index contributed by atoms with van der Waals surface area (Å²) in [5.74, 6) is 0.911. The molecule has 0 fully saturated rings. The lowest BCUT2D eigenvalue weighted by Crippen LogP contribution is -2.01. The van der Waals surface area contributed by atoms with Gasteiger partial charge in [-0.3, -0.25) is 0 Å². The molecule has 1 atom stereocenters. The van der Waals surface area contributed by atoms with Gasteiger partial charge in [0.15, 0.2) is 0 Å². The quantitative estimate of drug-likeness (QED) is 0.477. The molecule has 2 rings (SSSR count). The summed E-state index contributed by atoms with van der Waals surface area (Å²) in [6.07, 6.45) is 10.3. The number of rotatable bonds is 0. The van der Waals surface area contributed by atoms with Crippen molar-refractivity contribution in [1.29, 1.82) is 0 Å². The van der Waals surface area contributed by atoms with E-state index >= 15 is 0 Å². The molecule has 1 unspecified atom stereocenters. The van der Waals surface area contributed by atoms with Crippen molar-refractivity contribution in [2.45, 2.75) is 32.6 Å². The summed E-state index contributed by atoms with van der Waals surface area (Å²) in [5, 5.41) is 0. The fourth-order valence-electron chi connectivity index (χ4n) is 2.10. The van der Waals surface area contributed by atoms with E-state index in [1.165, 1.54) is 25.7 Å². The van der Waals surface area contributed by atoms with Gasteiger partial charge in [0.1, 0.15) is 0 Å². The van der Waals surface area contributed by atoms with Crippen LogP contribution in [0.15, 0.2) is 23.3 Å². The zero-order valence-corrected chi connectivity index (χ0v) is 6.56. The van der Waals surface area contributed by atoms with Gasteiger partial charge in [-0.05, 0) is 44.1 Å². The third-order valence-corrected chi connectivity index (χ3v) is 2.59. The van der Waals surface area contributed by atoms with Crippen molar-refractivity contribution in [2.24, 2.45) is 5.92 Å². The van der Waals surface area contributed by atoms with Crippen LogP contribution in [0.2, 0.25) is 0 Å². The molecule has 0 heteroatoms. The normalized spacial score (nSPS) is 31.1. The Morgan fingerprint density at radius 1 is 1.50 bits per heavy atom. The van der Waals surface area contributed by atoms with Crippen LogP contribution in [0.3, 0.4) is 0 Å². The lowest BCUT2D eigenvalue weighted by Gasteiger charge is -2.16. The summed E-state index contributed by atoms with van der Waals surface area (Å²) >= 11 is 0. The molecule has 10 heavy (non-hydrogen) atoms. The molecule has 0 N–H and O–H groups in total. The van der Waals surface area contributed by atoms with Gasteiger partial charge in [-0.15, -0.1) is 0 Å². The maximum atomic E-state index is 2.42. The van der Waals surface area contributed by atoms with Gasteiger partial charge < -0.3 is 0 Å². The highest BCUT2D eigenvalue weighted by Gasteiger charge is 2.21. The van der Waals surface area contributed by atoms with Gasteiger partial charge in [0.25, 0.3) is 0 Å². The highest BCUT2D eigenvalue weighted by molar-refractivity contribution is 5.33. The largest absolute Gasteiger partial charge is 0.0810 e. The fourth-order valence-corrected chi connectivity index (χ4v) is 2.10. The van der Waals surface area contributed by atoms with Crippen LogP contribution in [-0.2, 0) is 0 Å². The molecule has 0 heterocycles. The van der Waals surface area contributed by atoms with Gasteiger partial charge in [0.05, 0.1) is 0 Å². The maximum Gasteiger partial charge on any atom is -0.0128 e. The van der Waals surface area contributed by atoms with E-state index < -0.39 is 0 Å². The third-order valence-electron chi connectivity index (χ3n) is 2.59. The molecule has 0 aromatic heterocycles. The average molecular weight is 134 g/mol. The van der Waals surface area contributed by atoms with Crippen LogP contribution in [0.5, 0.6) is 0 Å². The Labute approximate surface area is 62.6 Å². The molecule has 0 saturated heterocycles. The van der Waals surface area contributed by atoms with E-state index in [1.54, 1.807) is 11.1 Å². The van der Waals surface area contributed by atoms with Crippen molar-refractivity contribution in [3.63, 3.8) is 0 Å². The Kier molecular flexibility index (Phi) is 1.40. The third kappa shape index (κ3) is 0.920. The number of fused-ring (bicyclic) bond motifs is 1. The van der Waals surface area contributed by atoms with Gasteiger partial charge in [0.2, 0.25) is 0 Å². The molecule has 0 aliphatic heterocycles. The first-order valence-corrected chi connectivity index (χ1v) is 4.23. The summed E-state index contributed by atoms with van der Waals surface area (Å²) in [6, 6.07) is 0. The Bertz CT molecular complexity index is 196. The lowest BCUT2D eigenvalue weighted by atomic mass is 9.89. The van der Waals surface area contributed by atoms with E-state index in [-0.39, 0.29) is 0 Å². The smallest absolute Gasteiger partial charge is 0.0128 e. The topological polar surface area (TPSA) is 0 Å². The molecular weight excluding hydrogens is 120 g/mol. The zero-order valence-electron chi connectivity index (χ0n) is 6.56. The first-order chi connectivity index (χ1) is 4.86.